The Bertz CT molecular complexity index is 541. The summed E-state index contributed by atoms with van der Waals surface area (Å²) in [5.41, 5.74) is 9.64. The largest absolute Gasteiger partial charge is 0.321 e. The topological polar surface area (TPSA) is 38.9 Å². The standard InChI is InChI=1S/C14H16N2/c1-10-3-4-11-9-12(5-6-13(11)16-10)14(15)7-2-8-14/h3-6,9H,2,7-8,15H2,1H3. The molecule has 2 heteroatoms. The van der Waals surface area contributed by atoms with Gasteiger partial charge in [-0.15, -0.1) is 0 Å². The van der Waals surface area contributed by atoms with Gasteiger partial charge in [0.05, 0.1) is 5.52 Å². The maximum absolute atomic E-state index is 6.32. The Balaban J connectivity index is 2.12. The Kier molecular flexibility index (Phi) is 2.01. The van der Waals surface area contributed by atoms with Crippen LogP contribution in [0.15, 0.2) is 30.3 Å². The van der Waals surface area contributed by atoms with Gasteiger partial charge in [-0.3, -0.25) is 4.98 Å². The fraction of sp³-hybridized carbons (Fsp3) is 0.357. The van der Waals surface area contributed by atoms with E-state index in [0.29, 0.717) is 0 Å². The zero-order valence-corrected chi connectivity index (χ0v) is 9.53. The Morgan fingerprint density at radius 1 is 1.19 bits per heavy atom. The first-order valence-electron chi connectivity index (χ1n) is 5.84. The lowest BCUT2D eigenvalue weighted by atomic mass is 9.72. The van der Waals surface area contributed by atoms with Gasteiger partial charge in [-0.2, -0.15) is 0 Å². The van der Waals surface area contributed by atoms with Crippen LogP contribution in [0.3, 0.4) is 0 Å². The van der Waals surface area contributed by atoms with Crippen LogP contribution in [-0.4, -0.2) is 4.98 Å². The molecule has 1 aliphatic carbocycles. The number of pyridine rings is 1. The third-order valence-electron chi connectivity index (χ3n) is 3.65. The molecule has 82 valence electrons. The first kappa shape index (κ1) is 9.79. The lowest BCUT2D eigenvalue weighted by Crippen LogP contribution is -2.43. The number of hydrogen-bond acceptors (Lipinski definition) is 2. The summed E-state index contributed by atoms with van der Waals surface area (Å²) in [6.07, 6.45) is 3.47. The number of aryl methyl sites for hydroxylation is 1. The predicted molar refractivity (Wildman–Crippen MR) is 66.2 cm³/mol. The molecule has 1 aromatic carbocycles. The summed E-state index contributed by atoms with van der Waals surface area (Å²) in [5.74, 6) is 0. The van der Waals surface area contributed by atoms with Crippen LogP contribution < -0.4 is 5.73 Å². The van der Waals surface area contributed by atoms with Crippen molar-refractivity contribution in [1.29, 1.82) is 0 Å². The van der Waals surface area contributed by atoms with Crippen molar-refractivity contribution in [3.8, 4) is 0 Å². The van der Waals surface area contributed by atoms with Gasteiger partial charge in [-0.1, -0.05) is 12.1 Å². The van der Waals surface area contributed by atoms with Crippen LogP contribution in [0.5, 0.6) is 0 Å². The first-order chi connectivity index (χ1) is 7.67. The van der Waals surface area contributed by atoms with Gasteiger partial charge in [-0.05, 0) is 49.9 Å². The van der Waals surface area contributed by atoms with E-state index >= 15 is 0 Å². The van der Waals surface area contributed by atoms with E-state index in [9.17, 15) is 0 Å². The molecule has 0 spiro atoms. The molecule has 2 aromatic rings. The Morgan fingerprint density at radius 3 is 2.69 bits per heavy atom. The first-order valence-corrected chi connectivity index (χ1v) is 5.84. The number of benzene rings is 1. The molecule has 0 unspecified atom stereocenters. The maximum Gasteiger partial charge on any atom is 0.0705 e. The smallest absolute Gasteiger partial charge is 0.0705 e. The molecule has 0 amide bonds. The second-order valence-corrected chi connectivity index (χ2v) is 4.87. The molecule has 1 heterocycles. The van der Waals surface area contributed by atoms with Crippen molar-refractivity contribution >= 4 is 10.9 Å². The van der Waals surface area contributed by atoms with Gasteiger partial charge in [0.2, 0.25) is 0 Å². The average Bonchev–Trinajstić information content (AvgIpc) is 2.25. The molecule has 0 bridgehead atoms. The fourth-order valence-corrected chi connectivity index (χ4v) is 2.38. The van der Waals surface area contributed by atoms with E-state index < -0.39 is 0 Å². The van der Waals surface area contributed by atoms with Crippen LogP contribution >= 0.6 is 0 Å². The zero-order valence-electron chi connectivity index (χ0n) is 9.53. The highest BCUT2D eigenvalue weighted by molar-refractivity contribution is 5.79. The van der Waals surface area contributed by atoms with E-state index in [4.69, 9.17) is 5.73 Å². The van der Waals surface area contributed by atoms with E-state index in [1.807, 2.05) is 6.92 Å². The highest BCUT2D eigenvalue weighted by Crippen LogP contribution is 2.39. The molecule has 16 heavy (non-hydrogen) atoms. The Labute approximate surface area is 95.5 Å². The zero-order chi connectivity index (χ0) is 11.2. The van der Waals surface area contributed by atoms with Gasteiger partial charge >= 0.3 is 0 Å². The third-order valence-corrected chi connectivity index (χ3v) is 3.65. The predicted octanol–water partition coefficient (Wildman–Crippen LogP) is 2.88. The molecule has 0 atom stereocenters. The van der Waals surface area contributed by atoms with E-state index in [0.717, 1.165) is 24.1 Å². The minimum absolute atomic E-state index is 0.0704. The van der Waals surface area contributed by atoms with Crippen LogP contribution in [0.2, 0.25) is 0 Å². The summed E-state index contributed by atoms with van der Waals surface area (Å²) in [6.45, 7) is 2.02. The number of fused-ring (bicyclic) bond motifs is 1. The van der Waals surface area contributed by atoms with Crippen molar-refractivity contribution in [3.63, 3.8) is 0 Å². The van der Waals surface area contributed by atoms with Crippen molar-refractivity contribution in [2.75, 3.05) is 0 Å². The van der Waals surface area contributed by atoms with Gasteiger partial charge in [-0.25, -0.2) is 0 Å². The van der Waals surface area contributed by atoms with E-state index in [1.54, 1.807) is 0 Å². The molecule has 0 aliphatic heterocycles. The minimum Gasteiger partial charge on any atom is -0.321 e. The van der Waals surface area contributed by atoms with Gasteiger partial charge in [0, 0.05) is 16.6 Å². The van der Waals surface area contributed by atoms with Crippen molar-refractivity contribution in [2.24, 2.45) is 5.73 Å². The van der Waals surface area contributed by atoms with E-state index in [-0.39, 0.29) is 5.54 Å². The van der Waals surface area contributed by atoms with E-state index in [2.05, 4.69) is 35.3 Å². The van der Waals surface area contributed by atoms with Gasteiger partial charge in [0.1, 0.15) is 0 Å². The second-order valence-electron chi connectivity index (χ2n) is 4.87. The monoisotopic (exact) mass is 212 g/mol. The maximum atomic E-state index is 6.32. The number of hydrogen-bond donors (Lipinski definition) is 1. The molecule has 3 rings (SSSR count). The molecule has 1 aliphatic rings. The van der Waals surface area contributed by atoms with Crippen LogP contribution in [-0.2, 0) is 5.54 Å². The lowest BCUT2D eigenvalue weighted by molar-refractivity contribution is 0.254. The van der Waals surface area contributed by atoms with Crippen molar-refractivity contribution < 1.29 is 0 Å². The number of aromatic nitrogens is 1. The highest BCUT2D eigenvalue weighted by atomic mass is 14.8. The number of nitrogens with zero attached hydrogens (tertiary/aromatic N) is 1. The Hall–Kier alpha value is -1.41. The lowest BCUT2D eigenvalue weighted by Gasteiger charge is -2.38. The van der Waals surface area contributed by atoms with E-state index in [1.165, 1.54) is 17.4 Å². The molecule has 1 aromatic heterocycles. The van der Waals surface area contributed by atoms with Crippen LogP contribution in [0.1, 0.15) is 30.5 Å². The van der Waals surface area contributed by atoms with Crippen molar-refractivity contribution in [3.05, 3.63) is 41.6 Å². The molecular formula is C14H16N2. The minimum atomic E-state index is -0.0704. The second kappa shape index (κ2) is 3.29. The summed E-state index contributed by atoms with van der Waals surface area (Å²) >= 11 is 0. The number of nitrogens with two attached hydrogens (primary N) is 1. The summed E-state index contributed by atoms with van der Waals surface area (Å²) in [6, 6.07) is 10.6. The van der Waals surface area contributed by atoms with Crippen LogP contribution in [0.4, 0.5) is 0 Å². The summed E-state index contributed by atoms with van der Waals surface area (Å²) < 4.78 is 0. The summed E-state index contributed by atoms with van der Waals surface area (Å²) in [4.78, 5) is 4.50. The van der Waals surface area contributed by atoms with Gasteiger partial charge in [0.15, 0.2) is 0 Å². The average molecular weight is 212 g/mol. The highest BCUT2D eigenvalue weighted by Gasteiger charge is 2.34. The normalized spacial score (nSPS) is 18.4. The molecule has 1 fully saturated rings. The SMILES string of the molecule is Cc1ccc2cc(C3(N)CCC3)ccc2n1. The molecule has 0 radical (unpaired) electrons. The summed E-state index contributed by atoms with van der Waals surface area (Å²) in [5, 5.41) is 1.19. The molecule has 2 nitrogen and oxygen atoms in total. The van der Waals surface area contributed by atoms with Crippen molar-refractivity contribution in [1.82, 2.24) is 4.98 Å². The fourth-order valence-electron chi connectivity index (χ4n) is 2.38. The van der Waals surface area contributed by atoms with Crippen LogP contribution in [0.25, 0.3) is 10.9 Å². The molecular weight excluding hydrogens is 196 g/mol. The molecule has 1 saturated carbocycles. The molecule has 2 N–H and O–H groups in total. The third kappa shape index (κ3) is 1.41. The Morgan fingerprint density at radius 2 is 2.00 bits per heavy atom. The summed E-state index contributed by atoms with van der Waals surface area (Å²) in [7, 11) is 0. The van der Waals surface area contributed by atoms with Crippen molar-refractivity contribution in [2.45, 2.75) is 31.7 Å². The quantitative estimate of drug-likeness (QED) is 0.789. The number of rotatable bonds is 1. The van der Waals surface area contributed by atoms with Gasteiger partial charge in [0.25, 0.3) is 0 Å². The van der Waals surface area contributed by atoms with Gasteiger partial charge < -0.3 is 5.73 Å². The molecule has 0 saturated heterocycles. The van der Waals surface area contributed by atoms with Crippen LogP contribution in [0, 0.1) is 6.92 Å².